The van der Waals surface area contributed by atoms with Crippen LogP contribution in [0, 0.1) is 0 Å². The van der Waals surface area contributed by atoms with Gasteiger partial charge in [0.25, 0.3) is 0 Å². The average Bonchev–Trinajstić information content (AvgIpc) is 4.08. The molecule has 0 saturated carbocycles. The summed E-state index contributed by atoms with van der Waals surface area (Å²) in [6, 6.07) is 101. The summed E-state index contributed by atoms with van der Waals surface area (Å²) >= 11 is 0. The van der Waals surface area contributed by atoms with Crippen molar-refractivity contribution in [2.75, 3.05) is 4.90 Å². The van der Waals surface area contributed by atoms with Crippen molar-refractivity contribution in [3.8, 4) is 33.4 Å². The van der Waals surface area contributed by atoms with Crippen LogP contribution in [0.3, 0.4) is 0 Å². The van der Waals surface area contributed by atoms with Crippen molar-refractivity contribution >= 4 is 39.0 Å². The number of para-hydroxylation sites is 1. The van der Waals surface area contributed by atoms with Crippen molar-refractivity contribution in [1.29, 1.82) is 0 Å². The Morgan fingerprint density at radius 3 is 1.40 bits per heavy atom. The van der Waals surface area contributed by atoms with E-state index in [2.05, 4.69) is 266 Å². The minimum Gasteiger partial charge on any atom is -0.456 e. The second-order valence-electron chi connectivity index (χ2n) is 18.7. The molecule has 2 aliphatic rings. The predicted octanol–water partition coefficient (Wildman–Crippen LogP) is 17.4. The van der Waals surface area contributed by atoms with Gasteiger partial charge in [-0.15, -0.1) is 0 Å². The van der Waals surface area contributed by atoms with E-state index in [1.54, 1.807) is 0 Å². The van der Waals surface area contributed by atoms with Crippen LogP contribution in [0.5, 0.6) is 0 Å². The molecule has 2 nitrogen and oxygen atoms in total. The molecule has 0 bridgehead atoms. The van der Waals surface area contributed by atoms with Crippen LogP contribution in [-0.4, -0.2) is 0 Å². The Morgan fingerprint density at radius 1 is 0.286 bits per heavy atom. The normalized spacial score (nSPS) is 13.7. The van der Waals surface area contributed by atoms with Crippen molar-refractivity contribution in [3.63, 3.8) is 0 Å². The van der Waals surface area contributed by atoms with Gasteiger partial charge >= 0.3 is 0 Å². The van der Waals surface area contributed by atoms with Crippen LogP contribution in [0.15, 0.2) is 277 Å². The number of fused-ring (bicyclic) bond motifs is 9. The van der Waals surface area contributed by atoms with Gasteiger partial charge in [-0.3, -0.25) is 0 Å². The molecule has 0 unspecified atom stereocenters. The number of anilines is 3. The molecule has 2 aliphatic carbocycles. The van der Waals surface area contributed by atoms with Gasteiger partial charge in [0, 0.05) is 27.7 Å². The maximum atomic E-state index is 6.30. The van der Waals surface area contributed by atoms with Crippen LogP contribution in [0.25, 0.3) is 55.3 Å². The van der Waals surface area contributed by atoms with E-state index in [0.29, 0.717) is 0 Å². The third kappa shape index (κ3) is 5.74. The fourth-order valence-corrected chi connectivity index (χ4v) is 12.4. The lowest BCUT2D eigenvalue weighted by atomic mass is 9.67. The lowest BCUT2D eigenvalue weighted by molar-refractivity contribution is 0.669. The number of hydrogen-bond donors (Lipinski definition) is 0. The van der Waals surface area contributed by atoms with Gasteiger partial charge in [-0.2, -0.15) is 0 Å². The Morgan fingerprint density at radius 2 is 0.757 bits per heavy atom. The molecule has 0 saturated heterocycles. The molecular formula is C68H45NO. The van der Waals surface area contributed by atoms with Gasteiger partial charge in [0.15, 0.2) is 0 Å². The van der Waals surface area contributed by atoms with Crippen LogP contribution in [0.4, 0.5) is 17.1 Å². The molecule has 0 fully saturated rings. The second-order valence-corrected chi connectivity index (χ2v) is 18.7. The number of hydrogen-bond acceptors (Lipinski definition) is 2. The Hall–Kier alpha value is -8.98. The first-order valence-corrected chi connectivity index (χ1v) is 24.2. The standard InChI is InChI=1S/C68H45NO/c1-4-21-48(22-5-1)67(60-33-14-10-28-54(60)55-29-11-15-34-61(55)67)51-39-41-52(42-40-51)69(53-27-18-20-46(44-53)47-38-43-65-59(45-47)57-31-13-17-37-64(57)70-65)63-36-19-32-58-56-30-12-16-35-62(56)68(66(58)63,49-23-6-2-7-24-49)50-25-8-3-9-26-50/h1-45H. The van der Waals surface area contributed by atoms with Gasteiger partial charge in [0.1, 0.15) is 11.2 Å². The van der Waals surface area contributed by atoms with Gasteiger partial charge in [-0.1, -0.05) is 224 Å². The van der Waals surface area contributed by atoms with Crippen molar-refractivity contribution in [3.05, 3.63) is 317 Å². The largest absolute Gasteiger partial charge is 0.456 e. The van der Waals surface area contributed by atoms with Crippen LogP contribution < -0.4 is 4.90 Å². The molecule has 12 aromatic rings. The molecule has 0 N–H and O–H groups in total. The Balaban J connectivity index is 1.03. The Kier molecular flexibility index (Phi) is 9.06. The maximum Gasteiger partial charge on any atom is 0.135 e. The molecular weight excluding hydrogens is 847 g/mol. The van der Waals surface area contributed by atoms with Gasteiger partial charge in [-0.25, -0.2) is 0 Å². The van der Waals surface area contributed by atoms with Gasteiger partial charge in [-0.05, 0) is 121 Å². The first-order chi connectivity index (χ1) is 34.7. The minimum absolute atomic E-state index is 0.515. The zero-order chi connectivity index (χ0) is 46.2. The van der Waals surface area contributed by atoms with Gasteiger partial charge in [0.2, 0.25) is 0 Å². The summed E-state index contributed by atoms with van der Waals surface area (Å²) in [7, 11) is 0. The van der Waals surface area contributed by atoms with E-state index in [9.17, 15) is 0 Å². The van der Waals surface area contributed by atoms with Crippen LogP contribution in [0.2, 0.25) is 0 Å². The van der Waals surface area contributed by atoms with E-state index >= 15 is 0 Å². The molecule has 0 aliphatic heterocycles. The molecule has 70 heavy (non-hydrogen) atoms. The molecule has 11 aromatic carbocycles. The third-order valence-corrected chi connectivity index (χ3v) is 15.2. The topological polar surface area (TPSA) is 16.4 Å². The van der Waals surface area contributed by atoms with E-state index < -0.39 is 10.8 Å². The maximum absolute atomic E-state index is 6.30. The SMILES string of the molecule is c1ccc(C2(c3ccc(N(c4cccc(-c5ccc6oc7ccccc7c6c5)c4)c4cccc5c4C(c4ccccc4)(c4ccccc4)c4ccccc4-5)cc3)c3ccccc3-c3ccccc32)cc1. The summed E-state index contributed by atoms with van der Waals surface area (Å²) in [6.45, 7) is 0. The summed E-state index contributed by atoms with van der Waals surface area (Å²) < 4.78 is 6.30. The quantitative estimate of drug-likeness (QED) is 0.151. The molecule has 1 aromatic heterocycles. The van der Waals surface area contributed by atoms with Crippen molar-refractivity contribution in [1.82, 2.24) is 0 Å². The van der Waals surface area contributed by atoms with E-state index in [4.69, 9.17) is 4.42 Å². The molecule has 0 amide bonds. The molecule has 0 spiro atoms. The summed E-state index contributed by atoms with van der Waals surface area (Å²) in [5.41, 5.74) is 21.3. The second kappa shape index (κ2) is 15.8. The molecule has 328 valence electrons. The Labute approximate surface area is 408 Å². The number of rotatable bonds is 8. The summed E-state index contributed by atoms with van der Waals surface area (Å²) in [5.74, 6) is 0. The number of benzene rings is 11. The Bertz CT molecular complexity index is 3860. The highest BCUT2D eigenvalue weighted by Crippen LogP contribution is 2.61. The van der Waals surface area contributed by atoms with E-state index in [-0.39, 0.29) is 0 Å². The van der Waals surface area contributed by atoms with E-state index in [1.165, 1.54) is 66.8 Å². The first-order valence-electron chi connectivity index (χ1n) is 24.2. The zero-order valence-corrected chi connectivity index (χ0v) is 38.3. The highest BCUT2D eigenvalue weighted by atomic mass is 16.3. The summed E-state index contributed by atoms with van der Waals surface area (Å²) in [4.78, 5) is 2.51. The molecule has 0 radical (unpaired) electrons. The lowest BCUT2D eigenvalue weighted by Crippen LogP contribution is -2.30. The zero-order valence-electron chi connectivity index (χ0n) is 38.3. The van der Waals surface area contributed by atoms with Crippen LogP contribution in [0.1, 0.15) is 44.5 Å². The van der Waals surface area contributed by atoms with Gasteiger partial charge < -0.3 is 9.32 Å². The van der Waals surface area contributed by atoms with Crippen molar-refractivity contribution in [2.45, 2.75) is 10.8 Å². The third-order valence-electron chi connectivity index (χ3n) is 15.2. The van der Waals surface area contributed by atoms with Crippen molar-refractivity contribution in [2.24, 2.45) is 0 Å². The van der Waals surface area contributed by atoms with Crippen LogP contribution in [-0.2, 0) is 10.8 Å². The lowest BCUT2D eigenvalue weighted by Gasteiger charge is -2.38. The molecule has 0 atom stereocenters. The highest BCUT2D eigenvalue weighted by molar-refractivity contribution is 6.06. The molecule has 1 heterocycles. The van der Waals surface area contributed by atoms with Crippen LogP contribution >= 0.6 is 0 Å². The molecule has 14 rings (SSSR count). The summed E-state index contributed by atoms with van der Waals surface area (Å²) in [5, 5.41) is 2.23. The fourth-order valence-electron chi connectivity index (χ4n) is 12.4. The number of furan rings is 1. The average molecular weight is 892 g/mol. The number of nitrogens with zero attached hydrogens (tertiary/aromatic N) is 1. The first kappa shape index (κ1) is 40.1. The van der Waals surface area contributed by atoms with Gasteiger partial charge in [0.05, 0.1) is 16.5 Å². The van der Waals surface area contributed by atoms with E-state index in [1.807, 2.05) is 12.1 Å². The summed E-state index contributed by atoms with van der Waals surface area (Å²) in [6.07, 6.45) is 0. The predicted molar refractivity (Wildman–Crippen MR) is 288 cm³/mol. The highest BCUT2D eigenvalue weighted by Gasteiger charge is 2.49. The monoisotopic (exact) mass is 891 g/mol. The molecule has 2 heteroatoms. The fraction of sp³-hybridized carbons (Fsp3) is 0.0294. The van der Waals surface area contributed by atoms with Crippen molar-refractivity contribution < 1.29 is 4.42 Å². The minimum atomic E-state index is -0.622. The van der Waals surface area contributed by atoms with E-state index in [0.717, 1.165) is 50.1 Å². The smallest absolute Gasteiger partial charge is 0.135 e.